The molecule has 0 unspecified atom stereocenters. The minimum Gasteiger partial charge on any atom is -0.496 e. The second-order valence-corrected chi connectivity index (χ2v) is 3.46. The quantitative estimate of drug-likeness (QED) is 0.716. The predicted molar refractivity (Wildman–Crippen MR) is 59.3 cm³/mol. The first kappa shape index (κ1) is 9.77. The third kappa shape index (κ3) is 1.50. The summed E-state index contributed by atoms with van der Waals surface area (Å²) in [6, 6.07) is 7.89. The van der Waals surface area contributed by atoms with E-state index < -0.39 is 0 Å². The largest absolute Gasteiger partial charge is 0.496 e. The Labute approximate surface area is 88.3 Å². The lowest BCUT2D eigenvalue weighted by Gasteiger charge is -2.04. The molecule has 0 radical (unpaired) electrons. The number of aldehydes is 1. The minimum atomic E-state index is 0.391. The topological polar surface area (TPSA) is 31.2 Å². The van der Waals surface area contributed by atoms with Crippen LogP contribution < -0.4 is 4.74 Å². The molecule has 15 heavy (non-hydrogen) atoms. The van der Waals surface area contributed by atoms with Crippen LogP contribution in [-0.2, 0) is 11.3 Å². The Morgan fingerprint density at radius 3 is 2.93 bits per heavy atom. The lowest BCUT2D eigenvalue weighted by Crippen LogP contribution is -2.00. The summed E-state index contributed by atoms with van der Waals surface area (Å²) in [5.41, 5.74) is 2.11. The van der Waals surface area contributed by atoms with Gasteiger partial charge in [-0.05, 0) is 25.1 Å². The van der Waals surface area contributed by atoms with Crippen LogP contribution in [0, 0.1) is 6.92 Å². The molecular weight excluding hydrogens is 190 g/mol. The number of methoxy groups -OCH3 is 1. The van der Waals surface area contributed by atoms with Crippen LogP contribution in [0.15, 0.2) is 24.3 Å². The Hall–Kier alpha value is -1.77. The van der Waals surface area contributed by atoms with Gasteiger partial charge >= 0.3 is 0 Å². The minimum absolute atomic E-state index is 0.391. The molecule has 78 valence electrons. The third-order valence-corrected chi connectivity index (χ3v) is 2.59. The highest BCUT2D eigenvalue weighted by molar-refractivity contribution is 5.88. The van der Waals surface area contributed by atoms with E-state index in [2.05, 4.69) is 0 Å². The van der Waals surface area contributed by atoms with Gasteiger partial charge in [0.05, 0.1) is 19.2 Å². The van der Waals surface area contributed by atoms with Crippen LogP contribution in [0.25, 0.3) is 10.9 Å². The lowest BCUT2D eigenvalue weighted by molar-refractivity contribution is -0.108. The van der Waals surface area contributed by atoms with Gasteiger partial charge in [-0.15, -0.1) is 0 Å². The number of hydrogen-bond acceptors (Lipinski definition) is 2. The molecular formula is C12H13NO2. The molecule has 3 nitrogen and oxygen atoms in total. The molecule has 1 heterocycles. The van der Waals surface area contributed by atoms with Crippen molar-refractivity contribution in [3.05, 3.63) is 30.0 Å². The van der Waals surface area contributed by atoms with E-state index in [0.29, 0.717) is 6.54 Å². The lowest BCUT2D eigenvalue weighted by atomic mass is 10.2. The van der Waals surface area contributed by atoms with Gasteiger partial charge in [-0.2, -0.15) is 0 Å². The highest BCUT2D eigenvalue weighted by Crippen LogP contribution is 2.28. The number of carbonyl (C=O) groups excluding carboxylic acids is 1. The molecule has 0 aliphatic heterocycles. The molecule has 2 aromatic rings. The van der Waals surface area contributed by atoms with Crippen molar-refractivity contribution in [3.63, 3.8) is 0 Å². The van der Waals surface area contributed by atoms with Crippen LogP contribution in [0.5, 0.6) is 5.75 Å². The molecule has 0 N–H and O–H groups in total. The molecule has 2 rings (SSSR count). The Morgan fingerprint density at radius 2 is 2.27 bits per heavy atom. The van der Waals surface area contributed by atoms with E-state index in [9.17, 15) is 4.79 Å². The zero-order valence-electron chi connectivity index (χ0n) is 8.86. The van der Waals surface area contributed by atoms with E-state index in [1.165, 1.54) is 0 Å². The second-order valence-electron chi connectivity index (χ2n) is 3.46. The number of nitrogens with zero attached hydrogens (tertiary/aromatic N) is 1. The highest BCUT2D eigenvalue weighted by Gasteiger charge is 2.08. The molecule has 0 aliphatic rings. The third-order valence-electron chi connectivity index (χ3n) is 2.59. The molecule has 1 aromatic carbocycles. The van der Waals surface area contributed by atoms with Gasteiger partial charge in [-0.3, -0.25) is 0 Å². The van der Waals surface area contributed by atoms with Crippen LogP contribution in [0.2, 0.25) is 0 Å². The average Bonchev–Trinajstić information content (AvgIpc) is 2.56. The standard InChI is InChI=1S/C12H13NO2/c1-9-8-10-11(13(9)6-7-14)4-3-5-12(10)15-2/h3-5,7-8H,6H2,1-2H3. The van der Waals surface area contributed by atoms with E-state index in [0.717, 1.165) is 28.6 Å². The number of rotatable bonds is 3. The van der Waals surface area contributed by atoms with Crippen LogP contribution in [0.1, 0.15) is 5.69 Å². The number of fused-ring (bicyclic) bond motifs is 1. The van der Waals surface area contributed by atoms with Crippen molar-refractivity contribution in [1.29, 1.82) is 0 Å². The van der Waals surface area contributed by atoms with Crippen molar-refractivity contribution in [2.75, 3.05) is 7.11 Å². The van der Waals surface area contributed by atoms with Crippen molar-refractivity contribution >= 4 is 17.2 Å². The van der Waals surface area contributed by atoms with Crippen LogP contribution in [0.3, 0.4) is 0 Å². The number of aryl methyl sites for hydroxylation is 1. The van der Waals surface area contributed by atoms with Gasteiger partial charge in [0.1, 0.15) is 12.0 Å². The summed E-state index contributed by atoms with van der Waals surface area (Å²) in [7, 11) is 1.65. The van der Waals surface area contributed by atoms with E-state index in [-0.39, 0.29) is 0 Å². The monoisotopic (exact) mass is 203 g/mol. The molecule has 1 aromatic heterocycles. The summed E-state index contributed by atoms with van der Waals surface area (Å²) >= 11 is 0. The zero-order chi connectivity index (χ0) is 10.8. The first-order valence-corrected chi connectivity index (χ1v) is 4.84. The molecule has 0 fully saturated rings. The maximum atomic E-state index is 10.6. The van der Waals surface area contributed by atoms with E-state index in [4.69, 9.17) is 4.74 Å². The number of aromatic nitrogens is 1. The molecule has 0 atom stereocenters. The van der Waals surface area contributed by atoms with Gasteiger partial charge in [0.2, 0.25) is 0 Å². The smallest absolute Gasteiger partial charge is 0.139 e. The SMILES string of the molecule is COc1cccc2c1cc(C)n2CC=O. The normalized spacial score (nSPS) is 10.5. The van der Waals surface area contributed by atoms with Gasteiger partial charge in [-0.1, -0.05) is 6.07 Å². The molecule has 0 spiro atoms. The van der Waals surface area contributed by atoms with Crippen molar-refractivity contribution < 1.29 is 9.53 Å². The first-order valence-electron chi connectivity index (χ1n) is 4.84. The van der Waals surface area contributed by atoms with Gasteiger partial charge in [-0.25, -0.2) is 0 Å². The second kappa shape index (κ2) is 3.77. The van der Waals surface area contributed by atoms with Gasteiger partial charge in [0, 0.05) is 11.1 Å². The predicted octanol–water partition coefficient (Wildman–Crippen LogP) is 2.16. The molecule has 0 aliphatic carbocycles. The maximum absolute atomic E-state index is 10.6. The number of carbonyl (C=O) groups is 1. The Kier molecular flexibility index (Phi) is 2.46. The van der Waals surface area contributed by atoms with Gasteiger partial charge in [0.15, 0.2) is 0 Å². The molecule has 0 saturated heterocycles. The van der Waals surface area contributed by atoms with E-state index in [1.807, 2.05) is 35.8 Å². The molecule has 0 amide bonds. The van der Waals surface area contributed by atoms with Crippen molar-refractivity contribution in [1.82, 2.24) is 4.57 Å². The fourth-order valence-corrected chi connectivity index (χ4v) is 1.88. The Balaban J connectivity index is 2.72. The summed E-state index contributed by atoms with van der Waals surface area (Å²) in [6.07, 6.45) is 0.909. The summed E-state index contributed by atoms with van der Waals surface area (Å²) in [6.45, 7) is 2.38. The van der Waals surface area contributed by atoms with Crippen molar-refractivity contribution in [3.8, 4) is 5.75 Å². The molecule has 0 saturated carbocycles. The average molecular weight is 203 g/mol. The maximum Gasteiger partial charge on any atom is 0.139 e. The zero-order valence-corrected chi connectivity index (χ0v) is 8.86. The molecule has 0 bridgehead atoms. The van der Waals surface area contributed by atoms with E-state index in [1.54, 1.807) is 7.11 Å². The van der Waals surface area contributed by atoms with Crippen LogP contribution in [0.4, 0.5) is 0 Å². The molecule has 3 heteroatoms. The van der Waals surface area contributed by atoms with Crippen LogP contribution >= 0.6 is 0 Å². The van der Waals surface area contributed by atoms with Gasteiger partial charge in [0.25, 0.3) is 0 Å². The summed E-state index contributed by atoms with van der Waals surface area (Å²) < 4.78 is 7.25. The summed E-state index contributed by atoms with van der Waals surface area (Å²) in [4.78, 5) is 10.6. The number of hydrogen-bond donors (Lipinski definition) is 0. The fourth-order valence-electron chi connectivity index (χ4n) is 1.88. The van der Waals surface area contributed by atoms with Gasteiger partial charge < -0.3 is 14.1 Å². The van der Waals surface area contributed by atoms with Crippen LogP contribution in [-0.4, -0.2) is 18.0 Å². The Morgan fingerprint density at radius 1 is 1.47 bits per heavy atom. The summed E-state index contributed by atoms with van der Waals surface area (Å²) in [5, 5.41) is 1.05. The number of benzene rings is 1. The Bertz CT molecular complexity index is 500. The first-order chi connectivity index (χ1) is 7.27. The number of ether oxygens (including phenoxy) is 1. The fraction of sp³-hybridized carbons (Fsp3) is 0.250. The van der Waals surface area contributed by atoms with Crippen molar-refractivity contribution in [2.24, 2.45) is 0 Å². The van der Waals surface area contributed by atoms with E-state index >= 15 is 0 Å². The highest BCUT2D eigenvalue weighted by atomic mass is 16.5. The van der Waals surface area contributed by atoms with Crippen molar-refractivity contribution in [2.45, 2.75) is 13.5 Å². The summed E-state index contributed by atoms with van der Waals surface area (Å²) in [5.74, 6) is 0.847.